The Bertz CT molecular complexity index is 1340. The number of nitrogens with one attached hydrogen (secondary N) is 3. The summed E-state index contributed by atoms with van der Waals surface area (Å²) < 4.78 is 36.0. The maximum atomic E-state index is 12.8. The van der Waals surface area contributed by atoms with Crippen LogP contribution in [0.1, 0.15) is 17.8 Å². The average Bonchev–Trinajstić information content (AvgIpc) is 3.50. The predicted molar refractivity (Wildman–Crippen MR) is 123 cm³/mol. The minimum Gasteiger partial charge on any atom is -0.492 e. The number of hydrogen-bond acceptors (Lipinski definition) is 5. The number of imidazole rings is 1. The summed E-state index contributed by atoms with van der Waals surface area (Å²) in [6.07, 6.45) is 5.09. The Morgan fingerprint density at radius 2 is 2.06 bits per heavy atom. The third-order valence-corrected chi connectivity index (χ3v) is 6.94. The molecule has 3 N–H and O–H groups in total. The van der Waals surface area contributed by atoms with Gasteiger partial charge in [-0.1, -0.05) is 18.2 Å². The van der Waals surface area contributed by atoms with Gasteiger partial charge in [0.05, 0.1) is 6.20 Å². The molecule has 0 unspecified atom stereocenters. The lowest BCUT2D eigenvalue weighted by atomic mass is 10.2. The van der Waals surface area contributed by atoms with Crippen LogP contribution >= 0.6 is 0 Å². The number of sulfonamides is 1. The molecule has 166 valence electrons. The number of hydrogen-bond donors (Lipinski definition) is 3. The molecule has 1 aliphatic heterocycles. The van der Waals surface area contributed by atoms with E-state index in [1.807, 2.05) is 48.7 Å². The van der Waals surface area contributed by atoms with Gasteiger partial charge in [0, 0.05) is 48.8 Å². The van der Waals surface area contributed by atoms with Gasteiger partial charge in [-0.05, 0) is 42.3 Å². The van der Waals surface area contributed by atoms with E-state index in [4.69, 9.17) is 4.74 Å². The molecular weight excluding hydrogens is 426 g/mol. The van der Waals surface area contributed by atoms with Crippen LogP contribution in [0.3, 0.4) is 0 Å². The highest BCUT2D eigenvalue weighted by molar-refractivity contribution is 7.92. The smallest absolute Gasteiger partial charge is 0.279 e. The number of aromatic amines is 1. The Balaban J connectivity index is 1.15. The van der Waals surface area contributed by atoms with E-state index in [0.29, 0.717) is 31.9 Å². The molecule has 2 aromatic carbocycles. The van der Waals surface area contributed by atoms with E-state index in [1.165, 1.54) is 6.20 Å². The van der Waals surface area contributed by atoms with Gasteiger partial charge < -0.3 is 19.6 Å². The van der Waals surface area contributed by atoms with Gasteiger partial charge in [0.1, 0.15) is 18.2 Å². The molecule has 0 fully saturated rings. The van der Waals surface area contributed by atoms with Crippen LogP contribution in [0.4, 0.5) is 5.69 Å². The SMILES string of the molecule is O=S(=O)(Nc1cccc(CNCCOc2cccc3[nH]ccc23)c1)c1cnc2n1CCC2. The van der Waals surface area contributed by atoms with E-state index in [0.717, 1.165) is 40.9 Å². The molecule has 0 saturated heterocycles. The van der Waals surface area contributed by atoms with Crippen LogP contribution in [0.5, 0.6) is 5.75 Å². The Kier molecular flexibility index (Phi) is 5.59. The summed E-state index contributed by atoms with van der Waals surface area (Å²) in [4.78, 5) is 7.41. The van der Waals surface area contributed by atoms with Crippen molar-refractivity contribution in [2.45, 2.75) is 31.0 Å². The molecule has 9 heteroatoms. The Hall–Kier alpha value is -3.30. The van der Waals surface area contributed by atoms with Crippen LogP contribution in [-0.2, 0) is 29.5 Å². The van der Waals surface area contributed by atoms with Crippen LogP contribution < -0.4 is 14.8 Å². The Morgan fingerprint density at radius 3 is 3.00 bits per heavy atom. The zero-order valence-corrected chi connectivity index (χ0v) is 18.4. The molecule has 0 amide bonds. The fourth-order valence-corrected chi connectivity index (χ4v) is 5.27. The highest BCUT2D eigenvalue weighted by atomic mass is 32.2. The van der Waals surface area contributed by atoms with Crippen molar-refractivity contribution in [3.05, 3.63) is 72.3 Å². The Morgan fingerprint density at radius 1 is 1.16 bits per heavy atom. The van der Waals surface area contributed by atoms with Crippen molar-refractivity contribution >= 4 is 26.6 Å². The van der Waals surface area contributed by atoms with Crippen molar-refractivity contribution in [3.63, 3.8) is 0 Å². The summed E-state index contributed by atoms with van der Waals surface area (Å²) in [7, 11) is -3.68. The van der Waals surface area contributed by atoms with Gasteiger partial charge in [-0.2, -0.15) is 8.42 Å². The molecule has 2 aromatic heterocycles. The zero-order chi connectivity index (χ0) is 22.0. The number of ether oxygens (including phenoxy) is 1. The van der Waals surface area contributed by atoms with Crippen molar-refractivity contribution in [2.24, 2.45) is 0 Å². The van der Waals surface area contributed by atoms with Crippen LogP contribution in [-0.4, -0.2) is 36.1 Å². The molecule has 1 aliphatic rings. The van der Waals surface area contributed by atoms with E-state index in [1.54, 1.807) is 10.6 Å². The van der Waals surface area contributed by atoms with Gasteiger partial charge in [0.15, 0.2) is 5.03 Å². The number of anilines is 1. The monoisotopic (exact) mass is 451 g/mol. The van der Waals surface area contributed by atoms with Crippen LogP contribution in [0.15, 0.2) is 66.0 Å². The maximum absolute atomic E-state index is 12.8. The van der Waals surface area contributed by atoms with Crippen molar-refractivity contribution < 1.29 is 13.2 Å². The summed E-state index contributed by atoms with van der Waals surface area (Å²) in [5.74, 6) is 1.69. The van der Waals surface area contributed by atoms with Gasteiger partial charge in [-0.15, -0.1) is 0 Å². The first-order valence-corrected chi connectivity index (χ1v) is 12.1. The largest absolute Gasteiger partial charge is 0.492 e. The second-order valence-electron chi connectivity index (χ2n) is 7.79. The summed E-state index contributed by atoms with van der Waals surface area (Å²) >= 11 is 0. The zero-order valence-electron chi connectivity index (χ0n) is 17.5. The molecule has 3 heterocycles. The number of aryl methyl sites for hydroxylation is 1. The normalized spacial score (nSPS) is 13.4. The number of nitrogens with zero attached hydrogens (tertiary/aromatic N) is 2. The summed E-state index contributed by atoms with van der Waals surface area (Å²) in [5.41, 5.74) is 2.57. The summed E-state index contributed by atoms with van der Waals surface area (Å²) in [6, 6.07) is 15.3. The van der Waals surface area contributed by atoms with E-state index >= 15 is 0 Å². The first-order chi connectivity index (χ1) is 15.6. The van der Waals surface area contributed by atoms with Gasteiger partial charge in [-0.3, -0.25) is 4.72 Å². The number of H-pyrrole nitrogens is 1. The summed E-state index contributed by atoms with van der Waals surface area (Å²) in [6.45, 7) is 2.49. The standard InChI is InChI=1S/C23H25N5O3S/c29-32(30,23-16-26-22-8-3-12-28(22)23)27-18-5-1-4-17(14-18)15-24-11-13-31-21-7-2-6-20-19(21)9-10-25-20/h1-2,4-7,9-10,14,16,24-25,27H,3,8,11-13,15H2. The molecule has 8 nitrogen and oxygen atoms in total. The first-order valence-electron chi connectivity index (χ1n) is 10.7. The van der Waals surface area contributed by atoms with Gasteiger partial charge in [0.25, 0.3) is 10.0 Å². The lowest BCUT2D eigenvalue weighted by Gasteiger charge is -2.11. The molecule has 0 aliphatic carbocycles. The number of aromatic nitrogens is 3. The first kappa shape index (κ1) is 20.6. The molecule has 4 aromatic rings. The molecule has 0 spiro atoms. The molecule has 0 atom stereocenters. The lowest BCUT2D eigenvalue weighted by molar-refractivity contribution is 0.317. The highest BCUT2D eigenvalue weighted by Crippen LogP contribution is 2.24. The highest BCUT2D eigenvalue weighted by Gasteiger charge is 2.25. The molecular formula is C23H25N5O3S. The van der Waals surface area contributed by atoms with Crippen LogP contribution in [0.2, 0.25) is 0 Å². The number of benzene rings is 2. The van der Waals surface area contributed by atoms with E-state index in [2.05, 4.69) is 20.0 Å². The van der Waals surface area contributed by atoms with Crippen LogP contribution in [0, 0.1) is 0 Å². The van der Waals surface area contributed by atoms with Crippen molar-refractivity contribution in [3.8, 4) is 5.75 Å². The van der Waals surface area contributed by atoms with Crippen molar-refractivity contribution in [1.82, 2.24) is 19.9 Å². The quantitative estimate of drug-likeness (QED) is 0.339. The van der Waals surface area contributed by atoms with Crippen LogP contribution in [0.25, 0.3) is 10.9 Å². The maximum Gasteiger partial charge on any atom is 0.279 e. The molecule has 0 radical (unpaired) electrons. The second kappa shape index (κ2) is 8.68. The van der Waals surface area contributed by atoms with Crippen molar-refractivity contribution in [2.75, 3.05) is 17.9 Å². The third kappa shape index (κ3) is 4.21. The second-order valence-corrected chi connectivity index (χ2v) is 9.42. The molecule has 0 bridgehead atoms. The predicted octanol–water partition coefficient (Wildman–Crippen LogP) is 3.28. The topological polar surface area (TPSA) is 101 Å². The average molecular weight is 452 g/mol. The van der Waals surface area contributed by atoms with Gasteiger partial charge >= 0.3 is 0 Å². The number of rotatable bonds is 9. The van der Waals surface area contributed by atoms with E-state index in [-0.39, 0.29) is 5.03 Å². The minimum atomic E-state index is -3.68. The van der Waals surface area contributed by atoms with Crippen molar-refractivity contribution in [1.29, 1.82) is 0 Å². The van der Waals surface area contributed by atoms with Gasteiger partial charge in [0.2, 0.25) is 0 Å². The summed E-state index contributed by atoms with van der Waals surface area (Å²) in [5, 5.41) is 4.63. The minimum absolute atomic E-state index is 0.225. The van der Waals surface area contributed by atoms with Gasteiger partial charge in [-0.25, -0.2) is 4.98 Å². The van der Waals surface area contributed by atoms with E-state index < -0.39 is 10.0 Å². The lowest BCUT2D eigenvalue weighted by Crippen LogP contribution is -2.21. The third-order valence-electron chi connectivity index (χ3n) is 5.56. The molecule has 32 heavy (non-hydrogen) atoms. The molecule has 0 saturated carbocycles. The Labute approximate surface area is 186 Å². The fraction of sp³-hybridized carbons (Fsp3) is 0.261. The number of fused-ring (bicyclic) bond motifs is 2. The molecule has 5 rings (SSSR count). The fourth-order valence-electron chi connectivity index (χ4n) is 4.05. The van der Waals surface area contributed by atoms with E-state index in [9.17, 15) is 8.42 Å².